The fraction of sp³-hybridized carbons (Fsp3) is 0.907. The summed E-state index contributed by atoms with van der Waals surface area (Å²) in [6.45, 7) is 10.6. The molecule has 0 amide bonds. The van der Waals surface area contributed by atoms with E-state index in [1.807, 2.05) is 0 Å². The molecule has 1 aliphatic rings. The topological polar surface area (TPSA) is 21.7 Å². The van der Waals surface area contributed by atoms with E-state index in [4.69, 9.17) is 9.47 Å². The average molecular weight is 646 g/mol. The largest absolute Gasteiger partial charge is 0.381 e. The van der Waals surface area contributed by atoms with Crippen LogP contribution in [-0.2, 0) is 9.47 Å². The van der Waals surface area contributed by atoms with Crippen molar-refractivity contribution >= 4 is 0 Å². The quantitative estimate of drug-likeness (QED) is 0.0500. The van der Waals surface area contributed by atoms with Gasteiger partial charge in [-0.2, -0.15) is 0 Å². The lowest BCUT2D eigenvalue weighted by atomic mass is 9.98. The fourth-order valence-electron chi connectivity index (χ4n) is 6.92. The second kappa shape index (κ2) is 35.7. The third-order valence-corrected chi connectivity index (χ3v) is 10.0. The van der Waals surface area contributed by atoms with E-state index in [-0.39, 0.29) is 0 Å². The molecule has 0 aliphatic carbocycles. The summed E-state index contributed by atoms with van der Waals surface area (Å²) in [6, 6.07) is 0. The van der Waals surface area contributed by atoms with Crippen molar-refractivity contribution in [3.05, 3.63) is 24.3 Å². The van der Waals surface area contributed by atoms with Gasteiger partial charge in [-0.15, -0.1) is 0 Å². The van der Waals surface area contributed by atoms with Crippen molar-refractivity contribution in [2.45, 2.75) is 194 Å². The number of allylic oxidation sites excluding steroid dienone is 4. The molecular formula is C43H83NO2. The van der Waals surface area contributed by atoms with Crippen molar-refractivity contribution in [2.75, 3.05) is 46.6 Å². The van der Waals surface area contributed by atoms with Crippen LogP contribution in [-0.4, -0.2) is 51.5 Å². The van der Waals surface area contributed by atoms with Crippen molar-refractivity contribution in [1.29, 1.82) is 0 Å². The molecule has 0 aromatic rings. The highest BCUT2D eigenvalue weighted by Gasteiger charge is 2.30. The smallest absolute Gasteiger partial charge is 0.0510 e. The molecule has 1 rings (SSSR count). The minimum atomic E-state index is 0.638. The minimum Gasteiger partial charge on any atom is -0.381 e. The number of hydrogen-bond donors (Lipinski definition) is 0. The molecule has 1 saturated heterocycles. The molecule has 272 valence electrons. The molecule has 3 nitrogen and oxygen atoms in total. The van der Waals surface area contributed by atoms with Gasteiger partial charge < -0.3 is 14.4 Å². The van der Waals surface area contributed by atoms with Crippen LogP contribution in [0.2, 0.25) is 0 Å². The van der Waals surface area contributed by atoms with Crippen LogP contribution >= 0.6 is 0 Å². The molecule has 0 bridgehead atoms. The number of hydrogen-bond acceptors (Lipinski definition) is 3. The van der Waals surface area contributed by atoms with Gasteiger partial charge in [-0.25, -0.2) is 0 Å². The zero-order valence-electron chi connectivity index (χ0n) is 31.8. The molecule has 0 N–H and O–H groups in total. The molecular weight excluding hydrogens is 562 g/mol. The van der Waals surface area contributed by atoms with Gasteiger partial charge in [0.2, 0.25) is 0 Å². The lowest BCUT2D eigenvalue weighted by Crippen LogP contribution is -2.23. The minimum absolute atomic E-state index is 0.638. The Hall–Kier alpha value is -0.640. The average Bonchev–Trinajstić information content (AvgIpc) is 3.42. The summed E-state index contributed by atoms with van der Waals surface area (Å²) in [6.07, 6.45) is 47.7. The third-order valence-electron chi connectivity index (χ3n) is 10.0. The van der Waals surface area contributed by atoms with Gasteiger partial charge >= 0.3 is 0 Å². The van der Waals surface area contributed by atoms with Crippen LogP contribution in [0.4, 0.5) is 0 Å². The Balaban J connectivity index is 1.86. The van der Waals surface area contributed by atoms with Gasteiger partial charge in [0.25, 0.3) is 0 Å². The van der Waals surface area contributed by atoms with Crippen molar-refractivity contribution in [3.8, 4) is 0 Å². The molecule has 2 atom stereocenters. The van der Waals surface area contributed by atoms with Gasteiger partial charge in [0.05, 0.1) is 13.2 Å². The third kappa shape index (κ3) is 29.5. The van der Waals surface area contributed by atoms with Gasteiger partial charge in [-0.3, -0.25) is 0 Å². The zero-order chi connectivity index (χ0) is 33.0. The Morgan fingerprint density at radius 1 is 0.413 bits per heavy atom. The first kappa shape index (κ1) is 43.4. The van der Waals surface area contributed by atoms with Crippen LogP contribution in [0, 0.1) is 11.8 Å². The second-order valence-corrected chi connectivity index (χ2v) is 14.8. The maximum absolute atomic E-state index is 6.16. The van der Waals surface area contributed by atoms with Crippen LogP contribution in [0.5, 0.6) is 0 Å². The highest BCUT2D eigenvalue weighted by atomic mass is 16.5. The Labute approximate surface area is 290 Å². The number of nitrogens with zero attached hydrogens (tertiary/aromatic N) is 1. The predicted octanol–water partition coefficient (Wildman–Crippen LogP) is 13.3. The van der Waals surface area contributed by atoms with Gasteiger partial charge in [-0.1, -0.05) is 154 Å². The normalized spacial score (nSPS) is 17.4. The van der Waals surface area contributed by atoms with Gasteiger partial charge in [0.15, 0.2) is 0 Å². The lowest BCUT2D eigenvalue weighted by molar-refractivity contribution is 0.0482. The van der Waals surface area contributed by atoms with E-state index in [1.54, 1.807) is 0 Å². The zero-order valence-corrected chi connectivity index (χ0v) is 31.8. The molecule has 1 fully saturated rings. The molecule has 3 heteroatoms. The Kier molecular flexibility index (Phi) is 33.6. The molecule has 0 spiro atoms. The summed E-state index contributed by atoms with van der Waals surface area (Å²) in [5.74, 6) is 1.28. The number of ether oxygens (including phenoxy) is 2. The van der Waals surface area contributed by atoms with Crippen molar-refractivity contribution in [2.24, 2.45) is 11.8 Å². The van der Waals surface area contributed by atoms with Crippen molar-refractivity contribution in [1.82, 2.24) is 4.90 Å². The number of unbranched alkanes of at least 4 members (excludes halogenated alkanes) is 24. The van der Waals surface area contributed by atoms with E-state index in [0.29, 0.717) is 11.8 Å². The van der Waals surface area contributed by atoms with Crippen LogP contribution in [0.25, 0.3) is 0 Å². The Morgan fingerprint density at radius 3 is 1.02 bits per heavy atom. The summed E-state index contributed by atoms with van der Waals surface area (Å²) in [7, 11) is 2.25. The van der Waals surface area contributed by atoms with Crippen LogP contribution in [0.1, 0.15) is 194 Å². The maximum atomic E-state index is 6.16. The van der Waals surface area contributed by atoms with E-state index in [9.17, 15) is 0 Å². The van der Waals surface area contributed by atoms with Crippen molar-refractivity contribution in [3.63, 3.8) is 0 Å². The Morgan fingerprint density at radius 2 is 0.696 bits per heavy atom. The lowest BCUT2D eigenvalue weighted by Gasteiger charge is -2.18. The monoisotopic (exact) mass is 646 g/mol. The first-order valence-corrected chi connectivity index (χ1v) is 20.9. The van der Waals surface area contributed by atoms with E-state index in [0.717, 1.165) is 39.5 Å². The molecule has 46 heavy (non-hydrogen) atoms. The van der Waals surface area contributed by atoms with Gasteiger partial charge in [-0.05, 0) is 71.3 Å². The first-order valence-electron chi connectivity index (χ1n) is 20.9. The molecule has 1 heterocycles. The molecule has 1 aliphatic heterocycles. The van der Waals surface area contributed by atoms with Crippen LogP contribution in [0.15, 0.2) is 24.3 Å². The van der Waals surface area contributed by atoms with Gasteiger partial charge in [0, 0.05) is 38.1 Å². The first-order chi connectivity index (χ1) is 22.8. The second-order valence-electron chi connectivity index (χ2n) is 14.8. The summed E-state index contributed by atoms with van der Waals surface area (Å²) in [4.78, 5) is 2.47. The molecule has 1 unspecified atom stereocenters. The van der Waals surface area contributed by atoms with Crippen molar-refractivity contribution < 1.29 is 9.47 Å². The van der Waals surface area contributed by atoms with E-state index in [2.05, 4.69) is 50.1 Å². The molecule has 0 radical (unpaired) electrons. The fourth-order valence-corrected chi connectivity index (χ4v) is 6.92. The number of rotatable bonds is 36. The van der Waals surface area contributed by atoms with Crippen LogP contribution < -0.4 is 0 Å². The number of likely N-dealkylation sites (tertiary alicyclic amines) is 1. The molecule has 0 aromatic carbocycles. The van der Waals surface area contributed by atoms with E-state index < -0.39 is 0 Å². The summed E-state index contributed by atoms with van der Waals surface area (Å²) in [5.41, 5.74) is 0. The van der Waals surface area contributed by atoms with E-state index in [1.165, 1.54) is 180 Å². The van der Waals surface area contributed by atoms with Gasteiger partial charge in [0.1, 0.15) is 0 Å². The van der Waals surface area contributed by atoms with E-state index >= 15 is 0 Å². The highest BCUT2D eigenvalue weighted by molar-refractivity contribution is 4.83. The summed E-state index contributed by atoms with van der Waals surface area (Å²) in [5, 5.41) is 0. The van der Waals surface area contributed by atoms with Crippen LogP contribution in [0.3, 0.4) is 0 Å². The maximum Gasteiger partial charge on any atom is 0.0510 e. The molecule has 0 saturated carbocycles. The molecule has 0 aromatic heterocycles. The summed E-state index contributed by atoms with van der Waals surface area (Å²) < 4.78 is 12.3. The SMILES string of the molecule is CCCCCCCCC=CCCCCCCCCOCC1CN(C)C[C@H]1COCCCCCCCCC=CCCCCCCCC. The highest BCUT2D eigenvalue weighted by Crippen LogP contribution is 2.23. The summed E-state index contributed by atoms with van der Waals surface area (Å²) >= 11 is 0. The predicted molar refractivity (Wildman–Crippen MR) is 205 cm³/mol. The Bertz CT molecular complexity index is 593. The standard InChI is InChI=1S/C43H83NO2/c1-4-6-8-10-12-14-16-18-20-22-24-26-28-30-32-34-36-45-40-42-38-44(3)39-43(42)41-46-37-35-33-31-29-27-25-23-21-19-17-15-13-11-9-7-5-2/h18-21,42-43H,4-17,22-41H2,1-3H3/t42-,43?/m0/s1.